The Morgan fingerprint density at radius 3 is 2.19 bits per heavy atom. The van der Waals surface area contributed by atoms with Gasteiger partial charge in [-0.05, 0) is 54.3 Å². The summed E-state index contributed by atoms with van der Waals surface area (Å²) in [5.41, 5.74) is 2.79. The number of nitriles is 1. The molecule has 27 heavy (non-hydrogen) atoms. The minimum Gasteiger partial charge on any atom is -0.370 e. The first-order valence-corrected chi connectivity index (χ1v) is 10.7. The molecule has 0 spiro atoms. The van der Waals surface area contributed by atoms with Crippen LogP contribution in [0.1, 0.15) is 37.3 Å². The minimum absolute atomic E-state index is 0.360. The molecule has 1 fully saturated rings. The molecule has 1 heterocycles. The topological polar surface area (TPSA) is 64.4 Å². The lowest BCUT2D eigenvalue weighted by Gasteiger charge is -2.23. The molecule has 5 nitrogen and oxygen atoms in total. The van der Waals surface area contributed by atoms with Crippen molar-refractivity contribution in [3.63, 3.8) is 0 Å². The number of rotatable bonds is 4. The summed E-state index contributed by atoms with van der Waals surface area (Å²) in [5.74, 6) is 0.376. The maximum Gasteiger partial charge on any atom is 0.243 e. The van der Waals surface area contributed by atoms with Gasteiger partial charge in [0.25, 0.3) is 0 Å². The SMILES string of the molecule is CC(C)c1ccc(S(=O)(=O)N2CCCN(c3ccc(C#N)cc3)CC2)cc1. The molecular formula is C21H25N3O2S. The molecule has 3 rings (SSSR count). The average Bonchev–Trinajstić information content (AvgIpc) is 2.95. The Labute approximate surface area is 161 Å². The lowest BCUT2D eigenvalue weighted by molar-refractivity contribution is 0.433. The molecule has 0 atom stereocenters. The molecule has 0 bridgehead atoms. The van der Waals surface area contributed by atoms with Crippen LogP contribution in [0, 0.1) is 11.3 Å². The molecule has 142 valence electrons. The summed E-state index contributed by atoms with van der Waals surface area (Å²) in [7, 11) is -3.48. The fraction of sp³-hybridized carbons (Fsp3) is 0.381. The van der Waals surface area contributed by atoms with E-state index in [0.29, 0.717) is 36.0 Å². The van der Waals surface area contributed by atoms with Gasteiger partial charge in [0.1, 0.15) is 0 Å². The fourth-order valence-corrected chi connectivity index (χ4v) is 4.78. The van der Waals surface area contributed by atoms with Gasteiger partial charge >= 0.3 is 0 Å². The van der Waals surface area contributed by atoms with Crippen LogP contribution in [-0.4, -0.2) is 38.9 Å². The normalized spacial score (nSPS) is 16.1. The molecule has 0 saturated carbocycles. The van der Waals surface area contributed by atoms with Crippen molar-refractivity contribution in [1.82, 2.24) is 4.31 Å². The van der Waals surface area contributed by atoms with Crippen molar-refractivity contribution in [3.05, 3.63) is 59.7 Å². The highest BCUT2D eigenvalue weighted by Gasteiger charge is 2.27. The summed E-state index contributed by atoms with van der Waals surface area (Å²) in [5, 5.41) is 8.93. The Kier molecular flexibility index (Phi) is 5.83. The van der Waals surface area contributed by atoms with Crippen LogP contribution in [-0.2, 0) is 10.0 Å². The summed E-state index contributed by atoms with van der Waals surface area (Å²) < 4.78 is 27.6. The second-order valence-corrected chi connectivity index (χ2v) is 9.07. The molecule has 6 heteroatoms. The molecule has 2 aromatic rings. The number of sulfonamides is 1. The van der Waals surface area contributed by atoms with Gasteiger partial charge in [0.15, 0.2) is 0 Å². The van der Waals surface area contributed by atoms with E-state index in [1.165, 1.54) is 0 Å². The van der Waals surface area contributed by atoms with Crippen LogP contribution in [0.5, 0.6) is 0 Å². The summed E-state index contributed by atoms with van der Waals surface area (Å²) in [4.78, 5) is 2.54. The first kappa shape index (κ1) is 19.4. The Morgan fingerprint density at radius 2 is 1.59 bits per heavy atom. The summed E-state index contributed by atoms with van der Waals surface area (Å²) in [6, 6.07) is 16.8. The Hall–Kier alpha value is -2.36. The standard InChI is InChI=1S/C21H25N3O2S/c1-17(2)19-6-10-21(11-7-19)27(25,26)24-13-3-12-23(14-15-24)20-8-4-18(16-22)5-9-20/h4-11,17H,3,12-15H2,1-2H3. The van der Waals surface area contributed by atoms with Crippen molar-refractivity contribution >= 4 is 15.7 Å². The molecule has 2 aromatic carbocycles. The highest BCUT2D eigenvalue weighted by Crippen LogP contribution is 2.23. The number of hydrogen-bond donors (Lipinski definition) is 0. The van der Waals surface area contributed by atoms with Crippen LogP contribution < -0.4 is 4.90 Å². The fourth-order valence-electron chi connectivity index (χ4n) is 3.31. The van der Waals surface area contributed by atoms with Gasteiger partial charge in [0.2, 0.25) is 10.0 Å². The van der Waals surface area contributed by atoms with E-state index < -0.39 is 10.0 Å². The molecule has 0 N–H and O–H groups in total. The molecule has 1 aliphatic rings. The van der Waals surface area contributed by atoms with E-state index in [9.17, 15) is 8.42 Å². The van der Waals surface area contributed by atoms with E-state index in [4.69, 9.17) is 5.26 Å². The summed E-state index contributed by atoms with van der Waals surface area (Å²) >= 11 is 0. The maximum atomic E-state index is 13.0. The van der Waals surface area contributed by atoms with Gasteiger partial charge in [-0.15, -0.1) is 0 Å². The largest absolute Gasteiger partial charge is 0.370 e. The Balaban J connectivity index is 1.73. The molecule has 0 aromatic heterocycles. The average molecular weight is 384 g/mol. The van der Waals surface area contributed by atoms with E-state index in [1.807, 2.05) is 24.3 Å². The summed E-state index contributed by atoms with van der Waals surface area (Å²) in [6.07, 6.45) is 0.767. The molecule has 0 unspecified atom stereocenters. The Bertz CT molecular complexity index is 913. The zero-order valence-corrected chi connectivity index (χ0v) is 16.6. The van der Waals surface area contributed by atoms with Gasteiger partial charge in [-0.25, -0.2) is 8.42 Å². The van der Waals surface area contributed by atoms with Crippen molar-refractivity contribution in [2.24, 2.45) is 0 Å². The van der Waals surface area contributed by atoms with Crippen LogP contribution in [0.4, 0.5) is 5.69 Å². The van der Waals surface area contributed by atoms with Crippen LogP contribution in [0.25, 0.3) is 0 Å². The Morgan fingerprint density at radius 1 is 0.926 bits per heavy atom. The van der Waals surface area contributed by atoms with Crippen LogP contribution in [0.3, 0.4) is 0 Å². The van der Waals surface area contributed by atoms with Gasteiger partial charge in [-0.2, -0.15) is 9.57 Å². The number of benzene rings is 2. The van der Waals surface area contributed by atoms with E-state index in [-0.39, 0.29) is 0 Å². The minimum atomic E-state index is -3.48. The van der Waals surface area contributed by atoms with Gasteiger partial charge in [-0.1, -0.05) is 26.0 Å². The third kappa shape index (κ3) is 4.32. The smallest absolute Gasteiger partial charge is 0.243 e. The van der Waals surface area contributed by atoms with Crippen molar-refractivity contribution in [2.75, 3.05) is 31.1 Å². The molecule has 0 aliphatic carbocycles. The van der Waals surface area contributed by atoms with Gasteiger partial charge in [0.05, 0.1) is 16.5 Å². The monoisotopic (exact) mass is 383 g/mol. The quantitative estimate of drug-likeness (QED) is 0.809. The zero-order chi connectivity index (χ0) is 19.4. The van der Waals surface area contributed by atoms with Gasteiger partial charge in [-0.3, -0.25) is 0 Å². The van der Waals surface area contributed by atoms with Gasteiger partial charge in [0, 0.05) is 31.9 Å². The van der Waals surface area contributed by atoms with Crippen molar-refractivity contribution in [2.45, 2.75) is 31.1 Å². The van der Waals surface area contributed by atoms with Crippen LogP contribution in [0.2, 0.25) is 0 Å². The van der Waals surface area contributed by atoms with Crippen molar-refractivity contribution < 1.29 is 8.42 Å². The molecular weight excluding hydrogens is 358 g/mol. The van der Waals surface area contributed by atoms with Crippen molar-refractivity contribution in [3.8, 4) is 6.07 Å². The predicted octanol–water partition coefficient (Wildman–Crippen LogP) is 3.58. The molecule has 0 radical (unpaired) electrons. The summed E-state index contributed by atoms with van der Waals surface area (Å²) in [6.45, 7) is 6.58. The number of anilines is 1. The molecule has 1 aliphatic heterocycles. The number of hydrogen-bond acceptors (Lipinski definition) is 4. The van der Waals surface area contributed by atoms with E-state index in [0.717, 1.165) is 24.2 Å². The third-order valence-corrected chi connectivity index (χ3v) is 6.91. The van der Waals surface area contributed by atoms with E-state index >= 15 is 0 Å². The lowest BCUT2D eigenvalue weighted by Crippen LogP contribution is -2.35. The first-order valence-electron chi connectivity index (χ1n) is 9.27. The van der Waals surface area contributed by atoms with Crippen LogP contribution >= 0.6 is 0 Å². The predicted molar refractivity (Wildman–Crippen MR) is 107 cm³/mol. The second kappa shape index (κ2) is 8.12. The van der Waals surface area contributed by atoms with Crippen molar-refractivity contribution in [1.29, 1.82) is 5.26 Å². The molecule has 1 saturated heterocycles. The first-order chi connectivity index (χ1) is 12.9. The highest BCUT2D eigenvalue weighted by atomic mass is 32.2. The highest BCUT2D eigenvalue weighted by molar-refractivity contribution is 7.89. The maximum absolute atomic E-state index is 13.0. The second-order valence-electron chi connectivity index (χ2n) is 7.13. The lowest BCUT2D eigenvalue weighted by atomic mass is 10.0. The van der Waals surface area contributed by atoms with Gasteiger partial charge < -0.3 is 4.90 Å². The molecule has 0 amide bonds. The van der Waals surface area contributed by atoms with E-state index in [2.05, 4.69) is 24.8 Å². The third-order valence-electron chi connectivity index (χ3n) is 5.00. The zero-order valence-electron chi connectivity index (χ0n) is 15.8. The van der Waals surface area contributed by atoms with Crippen LogP contribution in [0.15, 0.2) is 53.4 Å². The van der Waals surface area contributed by atoms with E-state index in [1.54, 1.807) is 28.6 Å². The number of nitrogens with zero attached hydrogens (tertiary/aromatic N) is 3.